The fourth-order valence-electron chi connectivity index (χ4n) is 2.29. The first kappa shape index (κ1) is 16.9. The van der Waals surface area contributed by atoms with Crippen molar-refractivity contribution in [2.24, 2.45) is 5.73 Å². The van der Waals surface area contributed by atoms with Crippen LogP contribution in [0, 0.1) is 0 Å². The molecule has 7 nitrogen and oxygen atoms in total. The molecule has 23 heavy (non-hydrogen) atoms. The fourth-order valence-corrected chi connectivity index (χ4v) is 2.29. The zero-order valence-corrected chi connectivity index (χ0v) is 14.1. The molecular weight excluding hydrogens is 298 g/mol. The summed E-state index contributed by atoms with van der Waals surface area (Å²) >= 11 is 0. The zero-order chi connectivity index (χ0) is 17.4. The molecule has 126 valence electrons. The van der Waals surface area contributed by atoms with Gasteiger partial charge in [-0.3, -0.25) is 4.79 Å². The van der Waals surface area contributed by atoms with E-state index in [1.165, 1.54) is 0 Å². The molecular formula is C16H23N3O4. The number of carbonyl (C=O) groups is 2. The van der Waals surface area contributed by atoms with Crippen LogP contribution in [0.4, 0.5) is 16.2 Å². The Morgan fingerprint density at radius 2 is 1.87 bits per heavy atom. The smallest absolute Gasteiger partial charge is 0.428 e. The lowest BCUT2D eigenvalue weighted by atomic mass is 10.2. The van der Waals surface area contributed by atoms with Crippen LogP contribution in [-0.4, -0.2) is 44.0 Å². The summed E-state index contributed by atoms with van der Waals surface area (Å²) in [7, 11) is 3.78. The van der Waals surface area contributed by atoms with Crippen LogP contribution in [0.3, 0.4) is 0 Å². The van der Waals surface area contributed by atoms with E-state index < -0.39 is 23.4 Å². The standard InChI is InChI=1S/C16H23N3O4/c1-15(2,3)22-14(21)23-16(13(17)20)10-19(16)12-9-7-6-8-11(12)18(4)5/h6-9H,10H2,1-5H3,(H2,17,20). The van der Waals surface area contributed by atoms with Crippen LogP contribution in [0.2, 0.25) is 0 Å². The first-order valence-electron chi connectivity index (χ1n) is 7.33. The molecule has 0 bridgehead atoms. The van der Waals surface area contributed by atoms with Crippen molar-refractivity contribution in [2.45, 2.75) is 32.1 Å². The first-order chi connectivity index (χ1) is 10.6. The van der Waals surface area contributed by atoms with Crippen LogP contribution in [0.15, 0.2) is 24.3 Å². The van der Waals surface area contributed by atoms with Gasteiger partial charge < -0.3 is 25.0 Å². The predicted molar refractivity (Wildman–Crippen MR) is 87.4 cm³/mol. The molecule has 2 N–H and O–H groups in total. The molecule has 0 aromatic heterocycles. The number of nitrogens with zero attached hydrogens (tertiary/aromatic N) is 2. The summed E-state index contributed by atoms with van der Waals surface area (Å²) in [5.41, 5.74) is 4.92. The molecule has 0 saturated carbocycles. The molecule has 1 atom stereocenters. The van der Waals surface area contributed by atoms with E-state index in [0.717, 1.165) is 11.4 Å². The van der Waals surface area contributed by atoms with E-state index in [4.69, 9.17) is 15.2 Å². The normalized spacial score (nSPS) is 20.0. The van der Waals surface area contributed by atoms with Gasteiger partial charge in [-0.2, -0.15) is 0 Å². The van der Waals surface area contributed by atoms with Crippen molar-refractivity contribution >= 4 is 23.4 Å². The van der Waals surface area contributed by atoms with Gasteiger partial charge in [0.05, 0.1) is 17.9 Å². The number of anilines is 2. The minimum absolute atomic E-state index is 0.201. The minimum atomic E-state index is -1.49. The van der Waals surface area contributed by atoms with E-state index in [1.807, 2.05) is 43.3 Å². The minimum Gasteiger partial charge on any atom is -0.428 e. The second-order valence-electron chi connectivity index (χ2n) is 6.68. The summed E-state index contributed by atoms with van der Waals surface area (Å²) in [6.45, 7) is 5.36. The Morgan fingerprint density at radius 1 is 1.26 bits per heavy atom. The predicted octanol–water partition coefficient (Wildman–Crippen LogP) is 1.71. The van der Waals surface area contributed by atoms with Gasteiger partial charge in [0.1, 0.15) is 5.60 Å². The Balaban J connectivity index is 2.24. The SMILES string of the molecule is CN(C)c1ccccc1N1CC1(OC(=O)OC(C)(C)C)C(N)=O. The maximum atomic E-state index is 11.9. The van der Waals surface area contributed by atoms with E-state index >= 15 is 0 Å². The van der Waals surface area contributed by atoms with E-state index in [2.05, 4.69) is 0 Å². The number of ether oxygens (including phenoxy) is 2. The maximum Gasteiger partial charge on any atom is 0.511 e. The largest absolute Gasteiger partial charge is 0.511 e. The van der Waals surface area contributed by atoms with Crippen LogP contribution in [0.1, 0.15) is 20.8 Å². The molecule has 1 aromatic carbocycles. The third kappa shape index (κ3) is 3.49. The molecule has 1 saturated heterocycles. The molecule has 7 heteroatoms. The molecule has 1 aromatic rings. The number of para-hydroxylation sites is 2. The third-order valence-corrected chi connectivity index (χ3v) is 3.39. The van der Waals surface area contributed by atoms with E-state index in [1.54, 1.807) is 25.7 Å². The van der Waals surface area contributed by atoms with Gasteiger partial charge in [0.2, 0.25) is 0 Å². The fraction of sp³-hybridized carbons (Fsp3) is 0.500. The third-order valence-electron chi connectivity index (χ3n) is 3.39. The molecule has 0 aliphatic carbocycles. The van der Waals surface area contributed by atoms with E-state index in [0.29, 0.717) is 0 Å². The zero-order valence-electron chi connectivity index (χ0n) is 14.1. The highest BCUT2D eigenvalue weighted by atomic mass is 16.8. The van der Waals surface area contributed by atoms with Crippen LogP contribution >= 0.6 is 0 Å². The Bertz CT molecular complexity index is 624. The van der Waals surface area contributed by atoms with Crippen LogP contribution < -0.4 is 15.5 Å². The van der Waals surface area contributed by atoms with Gasteiger partial charge in [-0.15, -0.1) is 0 Å². The summed E-state index contributed by atoms with van der Waals surface area (Å²) in [5, 5.41) is 0. The summed E-state index contributed by atoms with van der Waals surface area (Å²) < 4.78 is 10.4. The molecule has 1 fully saturated rings. The second kappa shape index (κ2) is 5.64. The van der Waals surface area contributed by atoms with Gasteiger partial charge >= 0.3 is 6.16 Å². The maximum absolute atomic E-state index is 11.9. The van der Waals surface area contributed by atoms with Gasteiger partial charge in [0, 0.05) is 14.1 Å². The molecule has 0 radical (unpaired) electrons. The first-order valence-corrected chi connectivity index (χ1v) is 7.33. The number of rotatable bonds is 4. The van der Waals surface area contributed by atoms with Crippen molar-refractivity contribution < 1.29 is 19.1 Å². The number of primary amides is 1. The molecule has 0 spiro atoms. The highest BCUT2D eigenvalue weighted by Crippen LogP contribution is 2.43. The monoisotopic (exact) mass is 321 g/mol. The van der Waals surface area contributed by atoms with Crippen molar-refractivity contribution in [1.29, 1.82) is 0 Å². The number of hydrogen-bond donors (Lipinski definition) is 1. The molecule has 1 aliphatic rings. The number of carbonyl (C=O) groups excluding carboxylic acids is 2. The van der Waals surface area contributed by atoms with Crippen molar-refractivity contribution in [1.82, 2.24) is 0 Å². The Kier molecular flexibility index (Phi) is 4.15. The Hall–Kier alpha value is -2.44. The summed E-state index contributed by atoms with van der Waals surface area (Å²) in [4.78, 5) is 27.4. The quantitative estimate of drug-likeness (QED) is 0.671. The van der Waals surface area contributed by atoms with Gasteiger partial charge in [-0.25, -0.2) is 4.79 Å². The van der Waals surface area contributed by atoms with Gasteiger partial charge in [-0.1, -0.05) is 12.1 Å². The topological polar surface area (TPSA) is 84.9 Å². The number of hydrogen-bond acceptors (Lipinski definition) is 6. The lowest BCUT2D eigenvalue weighted by Gasteiger charge is -2.23. The number of amides is 1. The molecule has 1 amide bonds. The summed E-state index contributed by atoms with van der Waals surface area (Å²) in [6, 6.07) is 7.49. The molecule has 2 rings (SSSR count). The second-order valence-corrected chi connectivity index (χ2v) is 6.68. The summed E-state index contributed by atoms with van der Waals surface area (Å²) in [5.74, 6) is -0.725. The van der Waals surface area contributed by atoms with Crippen molar-refractivity contribution in [3.8, 4) is 0 Å². The highest BCUT2D eigenvalue weighted by molar-refractivity contribution is 5.96. The van der Waals surface area contributed by atoms with Crippen LogP contribution in [0.25, 0.3) is 0 Å². The van der Waals surface area contributed by atoms with E-state index in [-0.39, 0.29) is 6.54 Å². The number of nitrogens with two attached hydrogens (primary N) is 1. The Labute approximate surface area is 135 Å². The van der Waals surface area contributed by atoms with Crippen molar-refractivity contribution in [2.75, 3.05) is 30.4 Å². The lowest BCUT2D eigenvalue weighted by Crippen LogP contribution is -2.42. The highest BCUT2D eigenvalue weighted by Gasteiger charge is 2.63. The average Bonchev–Trinajstić information content (AvgIpc) is 3.11. The van der Waals surface area contributed by atoms with Crippen LogP contribution in [0.5, 0.6) is 0 Å². The van der Waals surface area contributed by atoms with Crippen molar-refractivity contribution in [3.63, 3.8) is 0 Å². The summed E-state index contributed by atoms with van der Waals surface area (Å²) in [6.07, 6.45) is -0.916. The lowest BCUT2D eigenvalue weighted by molar-refractivity contribution is -0.131. The van der Waals surface area contributed by atoms with Gasteiger partial charge in [-0.05, 0) is 32.9 Å². The van der Waals surface area contributed by atoms with E-state index in [9.17, 15) is 9.59 Å². The molecule has 1 unspecified atom stereocenters. The Morgan fingerprint density at radius 3 is 2.39 bits per heavy atom. The van der Waals surface area contributed by atoms with Crippen molar-refractivity contribution in [3.05, 3.63) is 24.3 Å². The average molecular weight is 321 g/mol. The van der Waals surface area contributed by atoms with Gasteiger partial charge in [0.25, 0.3) is 11.6 Å². The van der Waals surface area contributed by atoms with Crippen LogP contribution in [-0.2, 0) is 14.3 Å². The van der Waals surface area contributed by atoms with Gasteiger partial charge in [0.15, 0.2) is 0 Å². The molecule has 1 heterocycles. The molecule has 1 aliphatic heterocycles. The number of benzene rings is 1.